The van der Waals surface area contributed by atoms with E-state index in [0.717, 1.165) is 0 Å². The van der Waals surface area contributed by atoms with Gasteiger partial charge in [0.15, 0.2) is 0 Å². The Balaban J connectivity index is 0. The zero-order chi connectivity index (χ0) is 10.9. The van der Waals surface area contributed by atoms with Gasteiger partial charge < -0.3 is 8.85 Å². The van der Waals surface area contributed by atoms with Crippen LogP contribution in [0, 0.1) is 0 Å². The number of hydrogen-bond acceptors (Lipinski definition) is 4. The van der Waals surface area contributed by atoms with Gasteiger partial charge in [0.2, 0.25) is 0 Å². The molecule has 0 rings (SSSR count). The lowest BCUT2D eigenvalue weighted by molar-refractivity contribution is -0.137. The molecule has 0 N–H and O–H groups in total. The summed E-state index contributed by atoms with van der Waals surface area (Å²) in [7, 11) is -2.02. The van der Waals surface area contributed by atoms with Crippen LogP contribution in [0.5, 0.6) is 0 Å². The Labute approximate surface area is 81.1 Å². The molecular weight excluding hydrogens is 188 g/mol. The number of hydrogen-bond donors (Lipinski definition) is 0. The van der Waals surface area contributed by atoms with Crippen LogP contribution in [0.4, 0.5) is 0 Å². The molecule has 0 fully saturated rings. The molecule has 0 aliphatic rings. The van der Waals surface area contributed by atoms with Crippen LogP contribution in [0.3, 0.4) is 0 Å². The molecule has 0 unspecified atom stereocenters. The second-order valence-corrected chi connectivity index (χ2v) is 4.10. The van der Waals surface area contributed by atoms with Crippen LogP contribution < -0.4 is 0 Å². The zero-order valence-corrected chi connectivity index (χ0v) is 10.1. The molecule has 4 nitrogen and oxygen atoms in total. The van der Waals surface area contributed by atoms with Gasteiger partial charge in [0.05, 0.1) is 0 Å². The summed E-state index contributed by atoms with van der Waals surface area (Å²) in [5.41, 5.74) is 0. The van der Waals surface area contributed by atoms with Crippen molar-refractivity contribution in [3.05, 3.63) is 0 Å². The van der Waals surface area contributed by atoms with Crippen molar-refractivity contribution in [2.75, 3.05) is 0 Å². The normalized spacial score (nSPS) is 8.46. The number of carbonyl (C=O) groups excluding carboxylic acids is 2. The quantitative estimate of drug-likeness (QED) is 0.640. The summed E-state index contributed by atoms with van der Waals surface area (Å²) < 4.78 is 9.24. The Hall–Kier alpha value is -0.843. The van der Waals surface area contributed by atoms with E-state index >= 15 is 0 Å². The first-order chi connectivity index (χ1) is 5.93. The molecule has 5 heteroatoms. The molecule has 0 aromatic heterocycles. The fourth-order valence-corrected chi connectivity index (χ4v) is 1.47. The topological polar surface area (TPSA) is 52.6 Å². The van der Waals surface area contributed by atoms with Crippen molar-refractivity contribution in [2.24, 2.45) is 0 Å². The van der Waals surface area contributed by atoms with E-state index in [1.807, 2.05) is 0 Å². The van der Waals surface area contributed by atoms with Gasteiger partial charge in [-0.1, -0.05) is 20.3 Å². The van der Waals surface area contributed by atoms with Crippen molar-refractivity contribution in [3.8, 4) is 0 Å². The highest BCUT2D eigenvalue weighted by atomic mass is 28.3. The van der Waals surface area contributed by atoms with Gasteiger partial charge >= 0.3 is 9.28 Å². The van der Waals surface area contributed by atoms with Crippen LogP contribution in [0.2, 0.25) is 6.55 Å². The van der Waals surface area contributed by atoms with Gasteiger partial charge in [-0.25, -0.2) is 0 Å². The van der Waals surface area contributed by atoms with Gasteiger partial charge in [0.25, 0.3) is 11.9 Å². The Morgan fingerprint density at radius 1 is 1.08 bits per heavy atom. The first-order valence-electron chi connectivity index (χ1n) is 4.28. The monoisotopic (exact) mass is 206 g/mol. The fourth-order valence-electron chi connectivity index (χ4n) is 0.491. The largest absolute Gasteiger partial charge is 0.487 e. The molecular formula is C8H18O4Si. The van der Waals surface area contributed by atoms with Crippen molar-refractivity contribution in [1.29, 1.82) is 0 Å². The fraction of sp³-hybridized carbons (Fsp3) is 0.750. The number of rotatable bonds is 2. The molecule has 0 spiro atoms. The zero-order valence-electron chi connectivity index (χ0n) is 8.92. The average molecular weight is 206 g/mol. The molecule has 0 atom stereocenters. The summed E-state index contributed by atoms with van der Waals surface area (Å²) in [5.74, 6) is -0.805. The maximum absolute atomic E-state index is 10.3. The van der Waals surface area contributed by atoms with E-state index < -0.39 is 21.2 Å². The third-order valence-corrected chi connectivity index (χ3v) is 1.99. The summed E-state index contributed by atoms with van der Waals surface area (Å²) in [5, 5.41) is 0. The second kappa shape index (κ2) is 9.25. The molecule has 0 bridgehead atoms. The molecule has 0 saturated heterocycles. The van der Waals surface area contributed by atoms with E-state index in [1.54, 1.807) is 6.55 Å². The van der Waals surface area contributed by atoms with Gasteiger partial charge in [-0.05, 0) is 6.55 Å². The van der Waals surface area contributed by atoms with E-state index in [-0.39, 0.29) is 0 Å². The predicted molar refractivity (Wildman–Crippen MR) is 52.5 cm³/mol. The standard InChI is InChI=1S/C5H10O4Si.C3H8/c1-4(6)8-10(3)9-5(2)7;1-3-2/h10H,1-3H3;3H2,1-2H3. The first kappa shape index (κ1) is 14.7. The summed E-state index contributed by atoms with van der Waals surface area (Å²) in [4.78, 5) is 20.5. The van der Waals surface area contributed by atoms with Crippen LogP contribution in [-0.4, -0.2) is 21.2 Å². The molecule has 0 heterocycles. The Kier molecular flexibility index (Phi) is 10.4. The highest BCUT2D eigenvalue weighted by Gasteiger charge is 2.11. The highest BCUT2D eigenvalue weighted by Crippen LogP contribution is 1.89. The highest BCUT2D eigenvalue weighted by molar-refractivity contribution is 6.47. The van der Waals surface area contributed by atoms with Crippen LogP contribution in [0.1, 0.15) is 34.1 Å². The van der Waals surface area contributed by atoms with Crippen LogP contribution >= 0.6 is 0 Å². The molecule has 0 aromatic rings. The lowest BCUT2D eigenvalue weighted by Crippen LogP contribution is -2.23. The Bertz CT molecular complexity index is 142. The smallest absolute Gasteiger partial charge is 0.444 e. The SMILES string of the molecule is CC(=O)O[SiH](C)OC(C)=O.CCC. The van der Waals surface area contributed by atoms with Crippen LogP contribution in [0.15, 0.2) is 0 Å². The Morgan fingerprint density at radius 3 is 1.46 bits per heavy atom. The minimum absolute atomic E-state index is 0.402. The van der Waals surface area contributed by atoms with Crippen molar-refractivity contribution < 1.29 is 18.4 Å². The van der Waals surface area contributed by atoms with Crippen molar-refractivity contribution >= 4 is 21.2 Å². The second-order valence-electron chi connectivity index (χ2n) is 2.49. The maximum Gasteiger partial charge on any atom is 0.444 e. The minimum Gasteiger partial charge on any atom is -0.487 e. The van der Waals surface area contributed by atoms with Crippen molar-refractivity contribution in [2.45, 2.75) is 40.7 Å². The third kappa shape index (κ3) is 18.3. The van der Waals surface area contributed by atoms with Gasteiger partial charge in [0, 0.05) is 13.8 Å². The van der Waals surface area contributed by atoms with Crippen molar-refractivity contribution in [1.82, 2.24) is 0 Å². The summed E-state index contributed by atoms with van der Waals surface area (Å²) >= 11 is 0. The molecule has 0 radical (unpaired) electrons. The molecule has 78 valence electrons. The molecule has 13 heavy (non-hydrogen) atoms. The summed E-state index contributed by atoms with van der Waals surface area (Å²) in [6.45, 7) is 8.43. The molecule has 0 amide bonds. The summed E-state index contributed by atoms with van der Waals surface area (Å²) in [6, 6.07) is 0. The predicted octanol–water partition coefficient (Wildman–Crippen LogP) is 1.38. The van der Waals surface area contributed by atoms with Crippen LogP contribution in [-0.2, 0) is 18.4 Å². The molecule has 0 saturated carbocycles. The van der Waals surface area contributed by atoms with Crippen LogP contribution in [0.25, 0.3) is 0 Å². The third-order valence-electron chi connectivity index (χ3n) is 0.664. The maximum atomic E-state index is 10.3. The van der Waals surface area contributed by atoms with E-state index in [1.165, 1.54) is 20.3 Å². The van der Waals surface area contributed by atoms with E-state index in [0.29, 0.717) is 0 Å². The lowest BCUT2D eigenvalue weighted by atomic mass is 10.6. The van der Waals surface area contributed by atoms with Gasteiger partial charge in [-0.3, -0.25) is 9.59 Å². The molecule has 0 aliphatic carbocycles. The Morgan fingerprint density at radius 2 is 1.31 bits per heavy atom. The number of carbonyl (C=O) groups is 2. The van der Waals surface area contributed by atoms with Crippen molar-refractivity contribution in [3.63, 3.8) is 0 Å². The lowest BCUT2D eigenvalue weighted by Gasteiger charge is -2.08. The molecule has 0 aromatic carbocycles. The minimum atomic E-state index is -2.02. The first-order valence-corrected chi connectivity index (χ1v) is 6.38. The molecule has 0 aliphatic heterocycles. The van der Waals surface area contributed by atoms with E-state index in [9.17, 15) is 9.59 Å². The van der Waals surface area contributed by atoms with E-state index in [4.69, 9.17) is 0 Å². The summed E-state index contributed by atoms with van der Waals surface area (Å²) in [6.07, 6.45) is 1.25. The van der Waals surface area contributed by atoms with Gasteiger partial charge in [0.1, 0.15) is 0 Å². The average Bonchev–Trinajstić information content (AvgIpc) is 1.83. The van der Waals surface area contributed by atoms with E-state index in [2.05, 4.69) is 22.7 Å². The van der Waals surface area contributed by atoms with Gasteiger partial charge in [-0.15, -0.1) is 0 Å². The van der Waals surface area contributed by atoms with Gasteiger partial charge in [-0.2, -0.15) is 0 Å².